The molecule has 1 aliphatic rings. The van der Waals surface area contributed by atoms with E-state index in [1.807, 2.05) is 11.7 Å². The van der Waals surface area contributed by atoms with E-state index >= 15 is 0 Å². The first-order valence-electron chi connectivity index (χ1n) is 8.63. The molecule has 0 unspecified atom stereocenters. The Kier molecular flexibility index (Phi) is 8.94. The van der Waals surface area contributed by atoms with Gasteiger partial charge in [0.05, 0.1) is 5.69 Å². The molecule has 0 spiro atoms. The summed E-state index contributed by atoms with van der Waals surface area (Å²) in [5.41, 5.74) is 9.76. The van der Waals surface area contributed by atoms with Gasteiger partial charge in [0.25, 0.3) is 0 Å². The largest absolute Gasteiger partial charge is 0.370 e. The molecule has 0 aliphatic heterocycles. The number of nitrogens with one attached hydrogen (secondary N) is 1. The molecule has 3 N–H and O–H groups in total. The molecule has 0 bridgehead atoms. The van der Waals surface area contributed by atoms with E-state index in [4.69, 9.17) is 5.73 Å². The Balaban J connectivity index is 0.00000264. The van der Waals surface area contributed by atoms with Gasteiger partial charge in [0.15, 0.2) is 5.96 Å². The molecule has 0 atom stereocenters. The summed E-state index contributed by atoms with van der Waals surface area (Å²) in [4.78, 5) is 4.49. The third-order valence-corrected chi connectivity index (χ3v) is 4.73. The minimum absolute atomic E-state index is 0. The number of nitrogens with zero attached hydrogens (tertiary/aromatic N) is 3. The normalized spacial score (nSPS) is 16.7. The van der Waals surface area contributed by atoms with E-state index in [1.54, 1.807) is 0 Å². The first-order valence-corrected chi connectivity index (χ1v) is 8.63. The molecular formula is C17H32IN5. The maximum Gasteiger partial charge on any atom is 0.188 e. The Bertz CT molecular complexity index is 501. The van der Waals surface area contributed by atoms with Crippen molar-refractivity contribution in [1.82, 2.24) is 15.1 Å². The highest BCUT2D eigenvalue weighted by Gasteiger charge is 2.12. The van der Waals surface area contributed by atoms with Crippen molar-refractivity contribution in [2.24, 2.45) is 17.8 Å². The lowest BCUT2D eigenvalue weighted by atomic mass is 10.1. The molecule has 1 aliphatic carbocycles. The van der Waals surface area contributed by atoms with Gasteiger partial charge in [0.2, 0.25) is 0 Å². The molecular weight excluding hydrogens is 401 g/mol. The second-order valence-corrected chi connectivity index (χ2v) is 6.48. The second-order valence-electron chi connectivity index (χ2n) is 6.48. The number of nitrogens with two attached hydrogens (primary N) is 1. The number of aryl methyl sites for hydroxylation is 2. The van der Waals surface area contributed by atoms with Gasteiger partial charge in [-0.15, -0.1) is 24.0 Å². The van der Waals surface area contributed by atoms with Crippen LogP contribution in [0.15, 0.2) is 4.99 Å². The van der Waals surface area contributed by atoms with Gasteiger partial charge >= 0.3 is 0 Å². The fourth-order valence-electron chi connectivity index (χ4n) is 3.31. The van der Waals surface area contributed by atoms with Gasteiger partial charge in [-0.25, -0.2) is 0 Å². The van der Waals surface area contributed by atoms with Crippen molar-refractivity contribution in [3.05, 3.63) is 17.0 Å². The third kappa shape index (κ3) is 6.31. The minimum Gasteiger partial charge on any atom is -0.370 e. The zero-order valence-corrected chi connectivity index (χ0v) is 17.1. The van der Waals surface area contributed by atoms with E-state index in [1.165, 1.54) is 49.8 Å². The van der Waals surface area contributed by atoms with Crippen LogP contribution < -0.4 is 11.1 Å². The predicted octanol–water partition coefficient (Wildman–Crippen LogP) is 3.21. The molecule has 1 aromatic rings. The molecule has 1 heterocycles. The summed E-state index contributed by atoms with van der Waals surface area (Å²) in [5.74, 6) is 0.617. The number of aromatic nitrogens is 2. The molecule has 132 valence electrons. The first-order chi connectivity index (χ1) is 10.6. The van der Waals surface area contributed by atoms with Crippen molar-refractivity contribution in [3.8, 4) is 0 Å². The molecule has 1 aromatic heterocycles. The molecule has 2 rings (SSSR count). The van der Waals surface area contributed by atoms with Crippen LogP contribution in [0.2, 0.25) is 0 Å². The van der Waals surface area contributed by atoms with E-state index in [-0.39, 0.29) is 24.0 Å². The van der Waals surface area contributed by atoms with Gasteiger partial charge < -0.3 is 11.1 Å². The van der Waals surface area contributed by atoms with Gasteiger partial charge in [0.1, 0.15) is 0 Å². The highest BCUT2D eigenvalue weighted by atomic mass is 127. The fourth-order valence-corrected chi connectivity index (χ4v) is 3.31. The molecule has 23 heavy (non-hydrogen) atoms. The fraction of sp³-hybridized carbons (Fsp3) is 0.765. The molecule has 0 radical (unpaired) electrons. The zero-order valence-electron chi connectivity index (χ0n) is 14.8. The van der Waals surface area contributed by atoms with Crippen molar-refractivity contribution in [1.29, 1.82) is 0 Å². The lowest BCUT2D eigenvalue weighted by Crippen LogP contribution is -2.39. The van der Waals surface area contributed by atoms with Crippen LogP contribution in [0.1, 0.15) is 61.9 Å². The molecule has 1 fully saturated rings. The summed E-state index contributed by atoms with van der Waals surface area (Å²) >= 11 is 0. The maximum absolute atomic E-state index is 6.02. The van der Waals surface area contributed by atoms with Crippen LogP contribution >= 0.6 is 24.0 Å². The number of aliphatic imine (C=N–C) groups is 1. The molecule has 1 saturated carbocycles. The van der Waals surface area contributed by atoms with E-state index in [2.05, 4.69) is 29.3 Å². The Morgan fingerprint density at radius 3 is 2.48 bits per heavy atom. The molecule has 0 aromatic carbocycles. The van der Waals surface area contributed by atoms with Crippen molar-refractivity contribution in [3.63, 3.8) is 0 Å². The smallest absolute Gasteiger partial charge is 0.188 e. The van der Waals surface area contributed by atoms with Crippen LogP contribution in [0.4, 0.5) is 0 Å². The van der Waals surface area contributed by atoms with Crippen molar-refractivity contribution < 1.29 is 0 Å². The SMILES string of the molecule is Cc1nn(C)c(C)c1CCCN=C(N)NC1CCCCCC1.I. The number of rotatable bonds is 5. The van der Waals surface area contributed by atoms with Gasteiger partial charge in [-0.1, -0.05) is 25.7 Å². The Labute approximate surface area is 157 Å². The first kappa shape index (κ1) is 20.3. The average Bonchev–Trinajstić information content (AvgIpc) is 2.67. The summed E-state index contributed by atoms with van der Waals surface area (Å²) < 4.78 is 1.95. The van der Waals surface area contributed by atoms with Crippen LogP contribution in [0.3, 0.4) is 0 Å². The van der Waals surface area contributed by atoms with Crippen LogP contribution in [0.5, 0.6) is 0 Å². The molecule has 0 saturated heterocycles. The number of halogens is 1. The van der Waals surface area contributed by atoms with E-state index in [9.17, 15) is 0 Å². The Morgan fingerprint density at radius 2 is 1.91 bits per heavy atom. The summed E-state index contributed by atoms with van der Waals surface area (Å²) in [5, 5.41) is 7.85. The molecule has 6 heteroatoms. The summed E-state index contributed by atoms with van der Waals surface area (Å²) in [6.07, 6.45) is 9.83. The van der Waals surface area contributed by atoms with Crippen LogP contribution in [-0.2, 0) is 13.5 Å². The standard InChI is InChI=1S/C17H31N5.HI/c1-13-16(14(2)22(3)21-13)11-8-12-19-17(18)20-15-9-6-4-5-7-10-15;/h15H,4-12H2,1-3H3,(H3,18,19,20);1H. The van der Waals surface area contributed by atoms with Gasteiger partial charge in [-0.3, -0.25) is 9.67 Å². The van der Waals surface area contributed by atoms with Crippen LogP contribution in [0, 0.1) is 13.8 Å². The van der Waals surface area contributed by atoms with Crippen LogP contribution in [-0.4, -0.2) is 28.3 Å². The van der Waals surface area contributed by atoms with E-state index in [0.29, 0.717) is 12.0 Å². The van der Waals surface area contributed by atoms with E-state index in [0.717, 1.165) is 25.1 Å². The second kappa shape index (κ2) is 10.2. The van der Waals surface area contributed by atoms with Gasteiger partial charge in [-0.2, -0.15) is 5.10 Å². The summed E-state index contributed by atoms with van der Waals surface area (Å²) in [6.45, 7) is 4.98. The zero-order chi connectivity index (χ0) is 15.9. The van der Waals surface area contributed by atoms with Gasteiger partial charge in [0, 0.05) is 25.3 Å². The van der Waals surface area contributed by atoms with Crippen molar-refractivity contribution >= 4 is 29.9 Å². The molecule has 0 amide bonds. The summed E-state index contributed by atoms with van der Waals surface area (Å²) in [7, 11) is 2.00. The quantitative estimate of drug-likeness (QED) is 0.246. The summed E-state index contributed by atoms with van der Waals surface area (Å²) in [6, 6.07) is 0.522. The third-order valence-electron chi connectivity index (χ3n) is 4.73. The molecule has 5 nitrogen and oxygen atoms in total. The van der Waals surface area contributed by atoms with Crippen molar-refractivity contribution in [2.75, 3.05) is 6.54 Å². The van der Waals surface area contributed by atoms with E-state index < -0.39 is 0 Å². The highest BCUT2D eigenvalue weighted by molar-refractivity contribution is 14.0. The number of hydrogen-bond acceptors (Lipinski definition) is 2. The van der Waals surface area contributed by atoms with Crippen molar-refractivity contribution in [2.45, 2.75) is 71.3 Å². The Morgan fingerprint density at radius 1 is 1.26 bits per heavy atom. The number of hydrogen-bond donors (Lipinski definition) is 2. The van der Waals surface area contributed by atoms with Gasteiger partial charge in [-0.05, 0) is 45.1 Å². The maximum atomic E-state index is 6.02. The van der Waals surface area contributed by atoms with Crippen LogP contribution in [0.25, 0.3) is 0 Å². The monoisotopic (exact) mass is 433 g/mol. The highest BCUT2D eigenvalue weighted by Crippen LogP contribution is 2.17. The lowest BCUT2D eigenvalue weighted by Gasteiger charge is -2.16. The average molecular weight is 433 g/mol. The minimum atomic E-state index is 0. The topological polar surface area (TPSA) is 68.2 Å². The predicted molar refractivity (Wildman–Crippen MR) is 108 cm³/mol. The Hall–Kier alpha value is -0.790. The lowest BCUT2D eigenvalue weighted by molar-refractivity contribution is 0.530. The number of guanidine groups is 1.